The minimum absolute atomic E-state index is 0.113. The number of benzene rings is 2. The van der Waals surface area contributed by atoms with Gasteiger partial charge >= 0.3 is 0 Å². The molecule has 150 valence electrons. The van der Waals surface area contributed by atoms with Gasteiger partial charge in [0.2, 0.25) is 5.91 Å². The molecule has 1 aromatic heterocycles. The van der Waals surface area contributed by atoms with E-state index in [4.69, 9.17) is 4.52 Å². The molecule has 0 saturated carbocycles. The van der Waals surface area contributed by atoms with Gasteiger partial charge in [0.15, 0.2) is 11.5 Å². The number of aryl methyl sites for hydroxylation is 3. The van der Waals surface area contributed by atoms with Crippen LogP contribution in [0.1, 0.15) is 32.7 Å². The van der Waals surface area contributed by atoms with Crippen LogP contribution in [0.4, 0.5) is 0 Å². The van der Waals surface area contributed by atoms with Crippen LogP contribution in [0.25, 0.3) is 11.3 Å². The maximum absolute atomic E-state index is 12.2. The molecule has 6 nitrogen and oxygen atoms in total. The quantitative estimate of drug-likeness (QED) is 0.647. The van der Waals surface area contributed by atoms with Crippen LogP contribution in [0.5, 0.6) is 0 Å². The molecule has 6 heteroatoms. The maximum atomic E-state index is 12.2. The summed E-state index contributed by atoms with van der Waals surface area (Å²) in [5.74, 6) is -0.187. The highest BCUT2D eigenvalue weighted by Crippen LogP contribution is 2.19. The van der Waals surface area contributed by atoms with E-state index >= 15 is 0 Å². The Balaban J connectivity index is 1.46. The monoisotopic (exact) mass is 391 g/mol. The van der Waals surface area contributed by atoms with Crippen LogP contribution in [0, 0.1) is 20.8 Å². The van der Waals surface area contributed by atoms with Crippen LogP contribution in [-0.2, 0) is 11.2 Å². The molecule has 0 aliphatic rings. The minimum atomic E-state index is -0.448. The van der Waals surface area contributed by atoms with Gasteiger partial charge in [-0.25, -0.2) is 0 Å². The Morgan fingerprint density at radius 2 is 1.66 bits per heavy atom. The van der Waals surface area contributed by atoms with Crippen molar-refractivity contribution in [2.45, 2.75) is 27.2 Å². The third-order valence-corrected chi connectivity index (χ3v) is 4.75. The van der Waals surface area contributed by atoms with Crippen molar-refractivity contribution in [1.82, 2.24) is 15.8 Å². The second-order valence-electron chi connectivity index (χ2n) is 7.10. The fourth-order valence-corrected chi connectivity index (χ4v) is 3.37. The molecule has 0 radical (unpaired) electrons. The molecule has 3 aromatic rings. The number of carbonyl (C=O) groups excluding carboxylic acids is 2. The van der Waals surface area contributed by atoms with Crippen molar-refractivity contribution >= 4 is 11.8 Å². The summed E-state index contributed by atoms with van der Waals surface area (Å²) in [5, 5.41) is 9.19. The number of carbonyl (C=O) groups is 2. The van der Waals surface area contributed by atoms with Crippen LogP contribution in [0.3, 0.4) is 0 Å². The van der Waals surface area contributed by atoms with Crippen molar-refractivity contribution in [3.63, 3.8) is 0 Å². The van der Waals surface area contributed by atoms with Gasteiger partial charge in [-0.05, 0) is 43.9 Å². The van der Waals surface area contributed by atoms with Crippen molar-refractivity contribution in [2.24, 2.45) is 0 Å². The number of hydrogen-bond acceptors (Lipinski definition) is 4. The van der Waals surface area contributed by atoms with Crippen LogP contribution in [0.15, 0.2) is 53.1 Å². The van der Waals surface area contributed by atoms with Gasteiger partial charge < -0.3 is 15.2 Å². The summed E-state index contributed by atoms with van der Waals surface area (Å²) in [7, 11) is 0. The van der Waals surface area contributed by atoms with Crippen molar-refractivity contribution in [1.29, 1.82) is 0 Å². The molecule has 0 bridgehead atoms. The van der Waals surface area contributed by atoms with Crippen LogP contribution in [-0.4, -0.2) is 30.1 Å². The summed E-state index contributed by atoms with van der Waals surface area (Å²) in [4.78, 5) is 24.2. The third-order valence-electron chi connectivity index (χ3n) is 4.75. The minimum Gasteiger partial charge on any atom is -0.355 e. The topological polar surface area (TPSA) is 84.2 Å². The standard InChI is InChI=1S/C23H25N3O3/c1-15-11-16(2)19(17(3)12-15)9-10-24-22(27)14-25-23(28)20-13-21(29-26-20)18-7-5-4-6-8-18/h4-8,11-13H,9-10,14H2,1-3H3,(H,24,27)(H,25,28). The second kappa shape index (κ2) is 9.19. The summed E-state index contributed by atoms with van der Waals surface area (Å²) in [6.07, 6.45) is 0.751. The molecular weight excluding hydrogens is 366 g/mol. The summed E-state index contributed by atoms with van der Waals surface area (Å²) < 4.78 is 5.21. The van der Waals surface area contributed by atoms with E-state index in [1.807, 2.05) is 30.3 Å². The van der Waals surface area contributed by atoms with Gasteiger partial charge in [0.1, 0.15) is 0 Å². The Morgan fingerprint density at radius 1 is 0.966 bits per heavy atom. The molecule has 0 aliphatic heterocycles. The molecule has 2 aromatic carbocycles. The summed E-state index contributed by atoms with van der Waals surface area (Å²) >= 11 is 0. The van der Waals surface area contributed by atoms with Crippen LogP contribution < -0.4 is 10.6 Å². The number of rotatable bonds is 7. The lowest BCUT2D eigenvalue weighted by molar-refractivity contribution is -0.120. The zero-order valence-corrected chi connectivity index (χ0v) is 16.9. The first-order chi connectivity index (χ1) is 13.9. The Morgan fingerprint density at radius 3 is 2.34 bits per heavy atom. The summed E-state index contributed by atoms with van der Waals surface area (Å²) in [6, 6.07) is 15.2. The van der Waals surface area contributed by atoms with Gasteiger partial charge in [0.05, 0.1) is 6.54 Å². The zero-order chi connectivity index (χ0) is 20.8. The SMILES string of the molecule is Cc1cc(C)c(CCNC(=O)CNC(=O)c2cc(-c3ccccc3)on2)c(C)c1. The Labute approximate surface area is 170 Å². The first-order valence-electron chi connectivity index (χ1n) is 9.58. The van der Waals surface area contributed by atoms with Gasteiger partial charge in [0.25, 0.3) is 5.91 Å². The van der Waals surface area contributed by atoms with Gasteiger partial charge in [0, 0.05) is 18.2 Å². The fraction of sp³-hybridized carbons (Fsp3) is 0.261. The van der Waals surface area contributed by atoms with Crippen molar-refractivity contribution in [2.75, 3.05) is 13.1 Å². The number of hydrogen-bond donors (Lipinski definition) is 2. The molecule has 0 spiro atoms. The zero-order valence-electron chi connectivity index (χ0n) is 16.9. The maximum Gasteiger partial charge on any atom is 0.273 e. The first-order valence-corrected chi connectivity index (χ1v) is 9.58. The predicted octanol–water partition coefficient (Wildman–Crippen LogP) is 3.36. The summed E-state index contributed by atoms with van der Waals surface area (Å²) in [6.45, 7) is 6.64. The van der Waals surface area contributed by atoms with Gasteiger partial charge in [-0.3, -0.25) is 9.59 Å². The van der Waals surface area contributed by atoms with Crippen LogP contribution >= 0.6 is 0 Å². The first kappa shape index (κ1) is 20.3. The molecule has 2 N–H and O–H groups in total. The lowest BCUT2D eigenvalue weighted by Crippen LogP contribution is -2.37. The number of amides is 2. The molecule has 29 heavy (non-hydrogen) atoms. The highest BCUT2D eigenvalue weighted by molar-refractivity contribution is 5.95. The van der Waals surface area contributed by atoms with E-state index in [2.05, 4.69) is 48.7 Å². The molecule has 3 rings (SSSR count). The largest absolute Gasteiger partial charge is 0.355 e. The molecule has 2 amide bonds. The van der Waals surface area contributed by atoms with E-state index < -0.39 is 5.91 Å². The Bertz CT molecular complexity index is 986. The highest BCUT2D eigenvalue weighted by Gasteiger charge is 2.14. The smallest absolute Gasteiger partial charge is 0.273 e. The Hall–Kier alpha value is -3.41. The summed E-state index contributed by atoms with van der Waals surface area (Å²) in [5.41, 5.74) is 5.91. The average Bonchev–Trinajstić information content (AvgIpc) is 3.19. The highest BCUT2D eigenvalue weighted by atomic mass is 16.5. The van der Waals surface area contributed by atoms with E-state index in [1.54, 1.807) is 6.07 Å². The lowest BCUT2D eigenvalue weighted by Gasteiger charge is -2.12. The van der Waals surface area contributed by atoms with E-state index in [0.29, 0.717) is 12.3 Å². The second-order valence-corrected chi connectivity index (χ2v) is 7.10. The predicted molar refractivity (Wildman–Crippen MR) is 112 cm³/mol. The molecule has 1 heterocycles. The average molecular weight is 391 g/mol. The Kier molecular flexibility index (Phi) is 6.44. The third kappa shape index (κ3) is 5.31. The lowest BCUT2D eigenvalue weighted by atomic mass is 9.97. The number of aromatic nitrogens is 1. The molecule has 0 fully saturated rings. The van der Waals surface area contributed by atoms with Gasteiger partial charge in [-0.15, -0.1) is 0 Å². The van der Waals surface area contributed by atoms with Crippen molar-refractivity contribution in [3.05, 3.63) is 76.5 Å². The fourth-order valence-electron chi connectivity index (χ4n) is 3.37. The number of nitrogens with one attached hydrogen (secondary N) is 2. The van der Waals surface area contributed by atoms with Crippen molar-refractivity contribution in [3.8, 4) is 11.3 Å². The van der Waals surface area contributed by atoms with Crippen molar-refractivity contribution < 1.29 is 14.1 Å². The van der Waals surface area contributed by atoms with E-state index in [0.717, 1.165) is 12.0 Å². The normalized spacial score (nSPS) is 10.6. The molecule has 0 atom stereocenters. The van der Waals surface area contributed by atoms with Gasteiger partial charge in [-0.2, -0.15) is 0 Å². The van der Waals surface area contributed by atoms with E-state index in [-0.39, 0.29) is 18.1 Å². The molecular formula is C23H25N3O3. The number of nitrogens with zero attached hydrogens (tertiary/aromatic N) is 1. The van der Waals surface area contributed by atoms with Crippen LogP contribution in [0.2, 0.25) is 0 Å². The molecule has 0 unspecified atom stereocenters. The van der Waals surface area contributed by atoms with E-state index in [1.165, 1.54) is 22.3 Å². The van der Waals surface area contributed by atoms with E-state index in [9.17, 15) is 9.59 Å². The molecule has 0 saturated heterocycles. The van der Waals surface area contributed by atoms with Gasteiger partial charge in [-0.1, -0.05) is 53.2 Å². The molecule has 0 aliphatic carbocycles.